The molecule has 0 saturated carbocycles. The van der Waals surface area contributed by atoms with Gasteiger partial charge in [0, 0.05) is 11.6 Å². The van der Waals surface area contributed by atoms with Gasteiger partial charge in [-0.25, -0.2) is 13.1 Å². The summed E-state index contributed by atoms with van der Waals surface area (Å²) in [6, 6.07) is 10.8. The van der Waals surface area contributed by atoms with E-state index < -0.39 is 10.0 Å². The van der Waals surface area contributed by atoms with Crippen LogP contribution >= 0.6 is 0 Å². The highest BCUT2D eigenvalue weighted by atomic mass is 32.2. The Kier molecular flexibility index (Phi) is 3.36. The second kappa shape index (κ2) is 5.19. The Morgan fingerprint density at radius 1 is 1.14 bits per heavy atom. The van der Waals surface area contributed by atoms with Gasteiger partial charge in [-0.2, -0.15) is 0 Å². The first-order chi connectivity index (χ1) is 10.0. The number of aromatic amines is 1. The molecule has 3 aromatic rings. The van der Waals surface area contributed by atoms with Crippen molar-refractivity contribution < 1.29 is 12.8 Å². The maximum Gasteiger partial charge on any atom is 0.248 e. The van der Waals surface area contributed by atoms with Gasteiger partial charge in [0.15, 0.2) is 0 Å². The molecule has 21 heavy (non-hydrogen) atoms. The molecule has 108 valence electrons. The van der Waals surface area contributed by atoms with Gasteiger partial charge in [0.1, 0.15) is 5.76 Å². The van der Waals surface area contributed by atoms with Crippen LogP contribution in [-0.2, 0) is 16.6 Å². The molecular formula is C14H12N2O4S. The molecule has 0 spiro atoms. The Balaban J connectivity index is 1.91. The fraction of sp³-hybridized carbons (Fsp3) is 0.0714. The van der Waals surface area contributed by atoms with Crippen molar-refractivity contribution in [2.45, 2.75) is 11.4 Å². The quantitative estimate of drug-likeness (QED) is 0.765. The first-order valence-corrected chi connectivity index (χ1v) is 7.68. The lowest BCUT2D eigenvalue weighted by Gasteiger charge is -2.06. The predicted molar refractivity (Wildman–Crippen MR) is 77.3 cm³/mol. The van der Waals surface area contributed by atoms with Crippen molar-refractivity contribution in [1.29, 1.82) is 0 Å². The molecule has 6 nitrogen and oxygen atoms in total. The Hall–Kier alpha value is -2.38. The molecule has 0 aliphatic carbocycles. The summed E-state index contributed by atoms with van der Waals surface area (Å²) in [5.74, 6) is 0.531. The third-order valence-electron chi connectivity index (χ3n) is 3.02. The maximum atomic E-state index is 12.2. The number of hydrogen-bond acceptors (Lipinski definition) is 4. The predicted octanol–water partition coefficient (Wildman–Crippen LogP) is 1.60. The lowest BCUT2D eigenvalue weighted by Crippen LogP contribution is -2.23. The van der Waals surface area contributed by atoms with Crippen LogP contribution in [-0.4, -0.2) is 13.4 Å². The van der Waals surface area contributed by atoms with Gasteiger partial charge in [0.2, 0.25) is 15.6 Å². The number of benzene rings is 1. The molecule has 0 aliphatic rings. The van der Waals surface area contributed by atoms with Crippen molar-refractivity contribution in [3.63, 3.8) is 0 Å². The summed E-state index contributed by atoms with van der Waals surface area (Å²) in [4.78, 5) is 14.0. The highest BCUT2D eigenvalue weighted by Crippen LogP contribution is 2.16. The fourth-order valence-electron chi connectivity index (χ4n) is 1.96. The molecule has 0 saturated heterocycles. The summed E-state index contributed by atoms with van der Waals surface area (Å²) in [6.07, 6.45) is 1.48. The molecule has 0 atom stereocenters. The third kappa shape index (κ3) is 2.88. The highest BCUT2D eigenvalue weighted by molar-refractivity contribution is 7.89. The molecule has 0 bridgehead atoms. The zero-order chi connectivity index (χ0) is 14.9. The highest BCUT2D eigenvalue weighted by Gasteiger charge is 2.14. The number of sulfonamides is 1. The molecule has 0 unspecified atom stereocenters. The Bertz CT molecular complexity index is 927. The van der Waals surface area contributed by atoms with Crippen molar-refractivity contribution in [2.24, 2.45) is 0 Å². The number of furan rings is 1. The fourth-order valence-corrected chi connectivity index (χ4v) is 2.99. The van der Waals surface area contributed by atoms with Crippen LogP contribution in [0.2, 0.25) is 0 Å². The van der Waals surface area contributed by atoms with Crippen molar-refractivity contribution in [3.8, 4) is 0 Å². The number of fused-ring (bicyclic) bond motifs is 1. The lowest BCUT2D eigenvalue weighted by atomic mass is 10.2. The first kappa shape index (κ1) is 13.6. The number of aromatic nitrogens is 1. The van der Waals surface area contributed by atoms with Crippen LogP contribution in [0.3, 0.4) is 0 Å². The molecule has 3 rings (SSSR count). The molecule has 0 radical (unpaired) electrons. The average Bonchev–Trinajstić information content (AvgIpc) is 2.98. The second-order valence-electron chi connectivity index (χ2n) is 4.48. The molecule has 1 aromatic carbocycles. The van der Waals surface area contributed by atoms with Crippen LogP contribution in [0.4, 0.5) is 0 Å². The Morgan fingerprint density at radius 3 is 2.76 bits per heavy atom. The van der Waals surface area contributed by atoms with Crippen molar-refractivity contribution >= 4 is 20.9 Å². The minimum absolute atomic E-state index is 0.0823. The average molecular weight is 304 g/mol. The van der Waals surface area contributed by atoms with E-state index >= 15 is 0 Å². The molecule has 2 heterocycles. The minimum atomic E-state index is -3.64. The molecular weight excluding hydrogens is 292 g/mol. The van der Waals surface area contributed by atoms with Gasteiger partial charge >= 0.3 is 0 Å². The van der Waals surface area contributed by atoms with Crippen LogP contribution < -0.4 is 10.3 Å². The van der Waals surface area contributed by atoms with E-state index in [4.69, 9.17) is 4.42 Å². The van der Waals surface area contributed by atoms with Gasteiger partial charge < -0.3 is 9.40 Å². The second-order valence-corrected chi connectivity index (χ2v) is 6.24. The van der Waals surface area contributed by atoms with Gasteiger partial charge in [0.05, 0.1) is 17.7 Å². The van der Waals surface area contributed by atoms with Crippen molar-refractivity contribution in [3.05, 3.63) is 64.8 Å². The van der Waals surface area contributed by atoms with Crippen LogP contribution in [0, 0.1) is 0 Å². The number of H-pyrrole nitrogens is 1. The van der Waals surface area contributed by atoms with Gasteiger partial charge in [-0.1, -0.05) is 0 Å². The molecule has 0 aliphatic heterocycles. The van der Waals surface area contributed by atoms with Crippen LogP contribution in [0.25, 0.3) is 10.9 Å². The molecule has 0 amide bonds. The number of nitrogens with one attached hydrogen (secondary N) is 2. The zero-order valence-electron chi connectivity index (χ0n) is 10.9. The summed E-state index contributed by atoms with van der Waals surface area (Å²) in [7, 11) is -3.64. The van der Waals surface area contributed by atoms with Gasteiger partial charge in [-0.3, -0.25) is 4.79 Å². The van der Waals surface area contributed by atoms with Gasteiger partial charge in [-0.05, 0) is 41.8 Å². The molecule has 2 aromatic heterocycles. The standard InChI is InChI=1S/C14H12N2O4S/c17-14-6-3-10-8-12(4-5-13(10)16-14)21(18,19)15-9-11-2-1-7-20-11/h1-8,15H,9H2,(H,16,17). The summed E-state index contributed by atoms with van der Waals surface area (Å²) in [6.45, 7) is 0.0823. The molecule has 7 heteroatoms. The SMILES string of the molecule is O=c1ccc2cc(S(=O)(=O)NCc3ccco3)ccc2[nH]1. The third-order valence-corrected chi connectivity index (χ3v) is 4.42. The zero-order valence-corrected chi connectivity index (χ0v) is 11.7. The van der Waals surface area contributed by atoms with Crippen LogP contribution in [0.1, 0.15) is 5.76 Å². The van der Waals surface area contributed by atoms with Crippen LogP contribution in [0.5, 0.6) is 0 Å². The van der Waals surface area contributed by atoms with Crippen molar-refractivity contribution in [1.82, 2.24) is 9.71 Å². The first-order valence-electron chi connectivity index (χ1n) is 6.20. The summed E-state index contributed by atoms with van der Waals surface area (Å²) in [5.41, 5.74) is 0.363. The van der Waals surface area contributed by atoms with E-state index in [1.54, 1.807) is 24.3 Å². The van der Waals surface area contributed by atoms with E-state index in [1.165, 1.54) is 24.5 Å². The summed E-state index contributed by atoms with van der Waals surface area (Å²) < 4.78 is 32.0. The smallest absolute Gasteiger partial charge is 0.248 e. The van der Waals surface area contributed by atoms with Gasteiger partial charge in [-0.15, -0.1) is 0 Å². The summed E-state index contributed by atoms with van der Waals surface area (Å²) in [5, 5.41) is 0.649. The van der Waals surface area contributed by atoms with Crippen molar-refractivity contribution in [2.75, 3.05) is 0 Å². The number of hydrogen-bond donors (Lipinski definition) is 2. The minimum Gasteiger partial charge on any atom is -0.468 e. The normalized spacial score (nSPS) is 11.8. The molecule has 2 N–H and O–H groups in total. The van der Waals surface area contributed by atoms with E-state index in [-0.39, 0.29) is 17.0 Å². The monoisotopic (exact) mass is 304 g/mol. The van der Waals surface area contributed by atoms with Crippen LogP contribution in [0.15, 0.2) is 62.8 Å². The molecule has 0 fully saturated rings. The summed E-state index contributed by atoms with van der Waals surface area (Å²) >= 11 is 0. The van der Waals surface area contributed by atoms with E-state index in [1.807, 2.05) is 0 Å². The van der Waals surface area contributed by atoms with E-state index in [0.29, 0.717) is 16.7 Å². The Labute approximate surface area is 120 Å². The lowest BCUT2D eigenvalue weighted by molar-refractivity contribution is 0.498. The largest absolute Gasteiger partial charge is 0.468 e. The number of rotatable bonds is 4. The Morgan fingerprint density at radius 2 is 2.00 bits per heavy atom. The van der Waals surface area contributed by atoms with E-state index in [2.05, 4.69) is 9.71 Å². The maximum absolute atomic E-state index is 12.2. The van der Waals surface area contributed by atoms with E-state index in [0.717, 1.165) is 0 Å². The van der Waals surface area contributed by atoms with Gasteiger partial charge in [0.25, 0.3) is 0 Å². The number of pyridine rings is 1. The topological polar surface area (TPSA) is 92.2 Å². The van der Waals surface area contributed by atoms with E-state index in [9.17, 15) is 13.2 Å².